The highest BCUT2D eigenvalue weighted by molar-refractivity contribution is 5.70. The van der Waals surface area contributed by atoms with Crippen molar-refractivity contribution >= 4 is 5.97 Å². The molecule has 0 bridgehead atoms. The van der Waals surface area contributed by atoms with E-state index < -0.39 is 24.2 Å². The predicted molar refractivity (Wildman–Crippen MR) is 58.3 cm³/mol. The molecule has 1 aliphatic heterocycles. The minimum atomic E-state index is -1.18. The van der Waals surface area contributed by atoms with E-state index in [2.05, 4.69) is 0 Å². The standard InChI is InChI=1S/C12H19FO4/c13-9-7-8(12(14)15)4-5-10(9)17-11-3-1-2-6-16-11/h8-11H,1-7H2,(H,14,15). The van der Waals surface area contributed by atoms with Gasteiger partial charge in [0.2, 0.25) is 0 Å². The maximum atomic E-state index is 13.8. The molecule has 1 N–H and O–H groups in total. The van der Waals surface area contributed by atoms with Crippen LogP contribution in [0.15, 0.2) is 0 Å². The fraction of sp³-hybridized carbons (Fsp3) is 0.917. The third-order valence-electron chi connectivity index (χ3n) is 3.53. The van der Waals surface area contributed by atoms with Crippen LogP contribution in [0.4, 0.5) is 4.39 Å². The van der Waals surface area contributed by atoms with Crippen molar-refractivity contribution in [2.75, 3.05) is 6.61 Å². The molecule has 0 radical (unpaired) electrons. The van der Waals surface area contributed by atoms with E-state index in [1.807, 2.05) is 0 Å². The number of carbonyl (C=O) groups is 1. The van der Waals surface area contributed by atoms with Gasteiger partial charge in [-0.2, -0.15) is 0 Å². The second-order valence-electron chi connectivity index (χ2n) is 4.83. The molecule has 4 unspecified atom stereocenters. The molecule has 1 heterocycles. The molecule has 1 saturated heterocycles. The molecule has 17 heavy (non-hydrogen) atoms. The number of halogens is 1. The first kappa shape index (κ1) is 12.8. The molecule has 0 spiro atoms. The van der Waals surface area contributed by atoms with Crippen LogP contribution in [0.1, 0.15) is 38.5 Å². The maximum Gasteiger partial charge on any atom is 0.306 e. The van der Waals surface area contributed by atoms with Crippen molar-refractivity contribution < 1.29 is 23.8 Å². The number of alkyl halides is 1. The zero-order chi connectivity index (χ0) is 12.3. The van der Waals surface area contributed by atoms with Crippen LogP contribution in [0, 0.1) is 5.92 Å². The highest BCUT2D eigenvalue weighted by atomic mass is 19.1. The summed E-state index contributed by atoms with van der Waals surface area (Å²) in [5.41, 5.74) is 0. The summed E-state index contributed by atoms with van der Waals surface area (Å²) < 4.78 is 24.8. The minimum Gasteiger partial charge on any atom is -0.481 e. The Morgan fingerprint density at radius 2 is 2.12 bits per heavy atom. The molecule has 2 fully saturated rings. The first-order chi connectivity index (χ1) is 8.16. The number of carboxylic acid groups (broad SMARTS) is 1. The van der Waals surface area contributed by atoms with Crippen molar-refractivity contribution in [1.82, 2.24) is 0 Å². The van der Waals surface area contributed by atoms with Gasteiger partial charge in [0.15, 0.2) is 6.29 Å². The van der Waals surface area contributed by atoms with Gasteiger partial charge in [0.25, 0.3) is 0 Å². The summed E-state index contributed by atoms with van der Waals surface area (Å²) in [4.78, 5) is 10.8. The molecule has 1 saturated carbocycles. The Balaban J connectivity index is 1.80. The normalized spacial score (nSPS) is 38.9. The van der Waals surface area contributed by atoms with Crippen molar-refractivity contribution in [2.45, 2.75) is 57.1 Å². The van der Waals surface area contributed by atoms with Gasteiger partial charge in [0.1, 0.15) is 6.17 Å². The number of hydrogen-bond donors (Lipinski definition) is 1. The van der Waals surface area contributed by atoms with Gasteiger partial charge < -0.3 is 14.6 Å². The highest BCUT2D eigenvalue weighted by Crippen LogP contribution is 2.31. The van der Waals surface area contributed by atoms with Gasteiger partial charge in [-0.25, -0.2) is 4.39 Å². The molecule has 4 atom stereocenters. The lowest BCUT2D eigenvalue weighted by molar-refractivity contribution is -0.208. The second kappa shape index (κ2) is 5.78. The van der Waals surface area contributed by atoms with E-state index in [4.69, 9.17) is 14.6 Å². The molecular formula is C12H19FO4. The quantitative estimate of drug-likeness (QED) is 0.828. The predicted octanol–water partition coefficient (Wildman–Crippen LogP) is 2.12. The zero-order valence-corrected chi connectivity index (χ0v) is 9.81. The molecule has 4 nitrogen and oxygen atoms in total. The Morgan fingerprint density at radius 3 is 2.71 bits per heavy atom. The van der Waals surface area contributed by atoms with Gasteiger partial charge >= 0.3 is 5.97 Å². The van der Waals surface area contributed by atoms with E-state index in [0.717, 1.165) is 19.3 Å². The van der Waals surface area contributed by atoms with Gasteiger partial charge in [-0.3, -0.25) is 4.79 Å². The van der Waals surface area contributed by atoms with Crippen LogP contribution < -0.4 is 0 Å². The summed E-state index contributed by atoms with van der Waals surface area (Å²) in [5, 5.41) is 8.83. The Bertz CT molecular complexity index is 265. The van der Waals surface area contributed by atoms with E-state index >= 15 is 0 Å². The average Bonchev–Trinajstić information content (AvgIpc) is 2.33. The molecule has 0 amide bonds. The molecule has 2 rings (SSSR count). The van der Waals surface area contributed by atoms with E-state index in [9.17, 15) is 9.18 Å². The second-order valence-corrected chi connectivity index (χ2v) is 4.83. The van der Waals surface area contributed by atoms with Crippen molar-refractivity contribution in [1.29, 1.82) is 0 Å². The molecule has 1 aliphatic carbocycles. The fourth-order valence-corrected chi connectivity index (χ4v) is 2.48. The largest absolute Gasteiger partial charge is 0.481 e. The number of rotatable bonds is 3. The zero-order valence-electron chi connectivity index (χ0n) is 9.81. The fourth-order valence-electron chi connectivity index (χ4n) is 2.48. The summed E-state index contributed by atoms with van der Waals surface area (Å²) in [7, 11) is 0. The summed E-state index contributed by atoms with van der Waals surface area (Å²) in [5.74, 6) is -1.46. The van der Waals surface area contributed by atoms with Crippen LogP contribution in [0.5, 0.6) is 0 Å². The van der Waals surface area contributed by atoms with Crippen molar-refractivity contribution in [3.05, 3.63) is 0 Å². The first-order valence-corrected chi connectivity index (χ1v) is 6.30. The van der Waals surface area contributed by atoms with Gasteiger partial charge in [-0.05, 0) is 38.5 Å². The third-order valence-corrected chi connectivity index (χ3v) is 3.53. The smallest absolute Gasteiger partial charge is 0.306 e. The summed E-state index contributed by atoms with van der Waals surface area (Å²) >= 11 is 0. The van der Waals surface area contributed by atoms with Crippen LogP contribution in [0.25, 0.3) is 0 Å². The summed E-state index contributed by atoms with van der Waals surface area (Å²) in [6, 6.07) is 0. The monoisotopic (exact) mass is 246 g/mol. The lowest BCUT2D eigenvalue weighted by Crippen LogP contribution is -2.39. The van der Waals surface area contributed by atoms with Crippen molar-refractivity contribution in [2.24, 2.45) is 5.92 Å². The number of ether oxygens (including phenoxy) is 2. The van der Waals surface area contributed by atoms with Gasteiger partial charge in [-0.15, -0.1) is 0 Å². The topological polar surface area (TPSA) is 55.8 Å². The molecule has 98 valence electrons. The lowest BCUT2D eigenvalue weighted by atomic mass is 9.86. The van der Waals surface area contributed by atoms with Crippen LogP contribution in [0.2, 0.25) is 0 Å². The molecule has 5 heteroatoms. The van der Waals surface area contributed by atoms with Crippen molar-refractivity contribution in [3.8, 4) is 0 Å². The minimum absolute atomic E-state index is 0.0622. The molecule has 2 aliphatic rings. The Labute approximate surface area is 100 Å². The maximum absolute atomic E-state index is 13.8. The lowest BCUT2D eigenvalue weighted by Gasteiger charge is -2.33. The Morgan fingerprint density at radius 1 is 1.29 bits per heavy atom. The summed E-state index contributed by atoms with van der Waals surface area (Å²) in [6.07, 6.45) is 1.94. The van der Waals surface area contributed by atoms with Crippen LogP contribution in [-0.2, 0) is 14.3 Å². The Hall–Kier alpha value is -0.680. The molecular weight excluding hydrogens is 227 g/mol. The number of aliphatic carboxylic acids is 1. The third kappa shape index (κ3) is 3.39. The van der Waals surface area contributed by atoms with E-state index in [1.165, 1.54) is 0 Å². The van der Waals surface area contributed by atoms with E-state index in [-0.39, 0.29) is 12.7 Å². The van der Waals surface area contributed by atoms with Gasteiger partial charge in [0, 0.05) is 6.61 Å². The van der Waals surface area contributed by atoms with Gasteiger partial charge in [-0.1, -0.05) is 0 Å². The SMILES string of the molecule is O=C(O)C1CCC(OC2CCCCO2)C(F)C1. The number of carboxylic acids is 1. The summed E-state index contributed by atoms with van der Waals surface area (Å²) in [6.45, 7) is 0.673. The highest BCUT2D eigenvalue weighted by Gasteiger charge is 2.36. The van der Waals surface area contributed by atoms with Crippen LogP contribution in [0.3, 0.4) is 0 Å². The van der Waals surface area contributed by atoms with Gasteiger partial charge in [0.05, 0.1) is 12.0 Å². The molecule has 0 aromatic carbocycles. The number of hydrogen-bond acceptors (Lipinski definition) is 3. The molecule has 0 aromatic heterocycles. The van der Waals surface area contributed by atoms with Crippen LogP contribution >= 0.6 is 0 Å². The van der Waals surface area contributed by atoms with Crippen LogP contribution in [-0.4, -0.2) is 36.2 Å². The van der Waals surface area contributed by atoms with E-state index in [0.29, 0.717) is 19.4 Å². The van der Waals surface area contributed by atoms with Crippen molar-refractivity contribution in [3.63, 3.8) is 0 Å². The average molecular weight is 246 g/mol. The first-order valence-electron chi connectivity index (χ1n) is 6.30. The molecule has 0 aromatic rings. The van der Waals surface area contributed by atoms with E-state index in [1.54, 1.807) is 0 Å². The Kier molecular flexibility index (Phi) is 4.34.